The van der Waals surface area contributed by atoms with Gasteiger partial charge in [0, 0.05) is 30.6 Å². The summed E-state index contributed by atoms with van der Waals surface area (Å²) < 4.78 is 0. The predicted octanol–water partition coefficient (Wildman–Crippen LogP) is 13.4. The highest BCUT2D eigenvalue weighted by molar-refractivity contribution is 5.99. The van der Waals surface area contributed by atoms with E-state index in [0.29, 0.717) is 23.7 Å². The van der Waals surface area contributed by atoms with E-state index < -0.39 is 0 Å². The molecule has 0 spiro atoms. The van der Waals surface area contributed by atoms with Crippen molar-refractivity contribution in [1.29, 1.82) is 0 Å². The van der Waals surface area contributed by atoms with Gasteiger partial charge in [0.15, 0.2) is 0 Å². The predicted molar refractivity (Wildman–Crippen MR) is 236 cm³/mol. The van der Waals surface area contributed by atoms with E-state index in [0.717, 1.165) is 25.2 Å². The Labute approximate surface area is 329 Å². The second kappa shape index (κ2) is 17.0. The van der Waals surface area contributed by atoms with Crippen molar-refractivity contribution >= 4 is 11.5 Å². The first-order valence-corrected chi connectivity index (χ1v) is 20.9. The van der Waals surface area contributed by atoms with E-state index in [9.17, 15) is 0 Å². The van der Waals surface area contributed by atoms with Gasteiger partial charge in [-0.3, -0.25) is 4.99 Å². The second-order valence-electron chi connectivity index (χ2n) is 19.3. The molecule has 0 saturated carbocycles. The number of aliphatic imine (C=N–C) groups is 1. The Hall–Kier alpha value is -3.69. The summed E-state index contributed by atoms with van der Waals surface area (Å²) in [6.07, 6.45) is 1.77. The normalized spacial score (nSPS) is 17.1. The van der Waals surface area contributed by atoms with E-state index in [-0.39, 0.29) is 28.8 Å². The standard InChI is InChI=1S/C51H71N3/c1-32(2)41-17-15-18-42(33(3)4)45(41)30-47(54-49-43(34(5)6)19-16-20-44(49)35(7)8)53-40-29-46(52-31-40)48(36-21-25-38(26-22-36)50(9,10)11)37-23-27-39(28-24-37)51(12,13)14/h15-28,32-35,40,46,48,52H,29-31H2,1-14H3,(H,53,54)/t40-,46-/m1/s1. The van der Waals surface area contributed by atoms with Crippen LogP contribution in [-0.2, 0) is 17.3 Å². The Balaban J connectivity index is 1.58. The number of rotatable bonds is 11. The average Bonchev–Trinajstić information content (AvgIpc) is 3.55. The van der Waals surface area contributed by atoms with E-state index in [1.54, 1.807) is 0 Å². The number of anilines is 1. The average molecular weight is 726 g/mol. The Morgan fingerprint density at radius 1 is 0.611 bits per heavy atom. The van der Waals surface area contributed by atoms with E-state index in [1.165, 1.54) is 55.8 Å². The van der Waals surface area contributed by atoms with Crippen molar-refractivity contribution in [2.24, 2.45) is 4.99 Å². The lowest BCUT2D eigenvalue weighted by Crippen LogP contribution is -2.30. The fraction of sp³-hybridized carbons (Fsp3) is 0.510. The van der Waals surface area contributed by atoms with Crippen LogP contribution in [0.5, 0.6) is 0 Å². The molecule has 0 bridgehead atoms. The molecule has 4 aromatic carbocycles. The summed E-state index contributed by atoms with van der Waals surface area (Å²) in [5.41, 5.74) is 13.9. The highest BCUT2D eigenvalue weighted by Gasteiger charge is 2.33. The summed E-state index contributed by atoms with van der Waals surface area (Å²) in [5, 5.41) is 8.07. The van der Waals surface area contributed by atoms with Crippen molar-refractivity contribution in [1.82, 2.24) is 5.32 Å². The lowest BCUT2D eigenvalue weighted by atomic mass is 9.80. The van der Waals surface area contributed by atoms with Crippen LogP contribution < -0.4 is 10.6 Å². The number of para-hydroxylation sites is 1. The fourth-order valence-electron chi connectivity index (χ4n) is 8.40. The molecular formula is C51H71N3. The monoisotopic (exact) mass is 726 g/mol. The first kappa shape index (κ1) is 41.5. The maximum Gasteiger partial charge on any atom is 0.106 e. The van der Waals surface area contributed by atoms with Gasteiger partial charge in [-0.25, -0.2) is 0 Å². The van der Waals surface area contributed by atoms with Gasteiger partial charge in [0.05, 0.1) is 6.04 Å². The van der Waals surface area contributed by atoms with Crippen molar-refractivity contribution < 1.29 is 0 Å². The van der Waals surface area contributed by atoms with Crippen molar-refractivity contribution in [2.45, 2.75) is 162 Å². The quantitative estimate of drug-likeness (QED) is 0.119. The molecule has 0 radical (unpaired) electrons. The molecule has 0 aliphatic carbocycles. The third kappa shape index (κ3) is 9.75. The zero-order valence-corrected chi connectivity index (χ0v) is 36.2. The molecule has 5 rings (SSSR count). The molecule has 4 aromatic rings. The van der Waals surface area contributed by atoms with Gasteiger partial charge in [-0.05, 0) is 91.0 Å². The van der Waals surface area contributed by atoms with Crippen LogP contribution in [0.4, 0.5) is 5.69 Å². The molecule has 0 aromatic heterocycles. The molecule has 1 heterocycles. The van der Waals surface area contributed by atoms with Crippen LogP contribution in [0.1, 0.15) is 183 Å². The zero-order valence-electron chi connectivity index (χ0n) is 36.2. The molecule has 2 atom stereocenters. The van der Waals surface area contributed by atoms with Gasteiger partial charge in [-0.15, -0.1) is 0 Å². The van der Waals surface area contributed by atoms with Crippen LogP contribution >= 0.6 is 0 Å². The summed E-state index contributed by atoms with van der Waals surface area (Å²) in [6.45, 7) is 33.2. The van der Waals surface area contributed by atoms with Crippen LogP contribution in [0.3, 0.4) is 0 Å². The van der Waals surface area contributed by atoms with Crippen molar-refractivity contribution in [3.05, 3.63) is 135 Å². The third-order valence-electron chi connectivity index (χ3n) is 11.6. The minimum absolute atomic E-state index is 0.116. The van der Waals surface area contributed by atoms with Gasteiger partial charge in [0.1, 0.15) is 5.84 Å². The third-order valence-corrected chi connectivity index (χ3v) is 11.6. The van der Waals surface area contributed by atoms with Crippen LogP contribution in [0, 0.1) is 0 Å². The Morgan fingerprint density at radius 3 is 1.41 bits per heavy atom. The molecule has 3 nitrogen and oxygen atoms in total. The molecule has 2 N–H and O–H groups in total. The van der Waals surface area contributed by atoms with Gasteiger partial charge in [-0.1, -0.05) is 182 Å². The Kier molecular flexibility index (Phi) is 13.0. The summed E-state index contributed by atoms with van der Waals surface area (Å²) in [4.78, 5) is 5.72. The van der Waals surface area contributed by atoms with Crippen molar-refractivity contribution in [3.8, 4) is 0 Å². The van der Waals surface area contributed by atoms with E-state index in [1.807, 2.05) is 0 Å². The Morgan fingerprint density at radius 2 is 1.02 bits per heavy atom. The molecule has 3 heteroatoms. The SMILES string of the molecule is CC(C)c1cccc(C(C)C)c1CC(=N[C@H]1CN[C@@H](C(c2ccc(C(C)(C)C)cc2)c2ccc(C(C)(C)C)cc2)C1)Nc1c(C(C)C)cccc1C(C)C. The highest BCUT2D eigenvalue weighted by Crippen LogP contribution is 2.37. The number of hydrogen-bond donors (Lipinski definition) is 2. The van der Waals surface area contributed by atoms with E-state index in [2.05, 4.69) is 192 Å². The number of nitrogens with one attached hydrogen (secondary N) is 2. The highest BCUT2D eigenvalue weighted by atomic mass is 15.1. The number of benzene rings is 4. The summed E-state index contributed by atoms with van der Waals surface area (Å²) in [7, 11) is 0. The van der Waals surface area contributed by atoms with Crippen LogP contribution in [-0.4, -0.2) is 24.5 Å². The lowest BCUT2D eigenvalue weighted by molar-refractivity contribution is 0.534. The number of amidine groups is 1. The molecular weight excluding hydrogens is 655 g/mol. The number of hydrogen-bond acceptors (Lipinski definition) is 2. The van der Waals surface area contributed by atoms with Gasteiger partial charge < -0.3 is 10.6 Å². The van der Waals surface area contributed by atoms with Crippen LogP contribution in [0.25, 0.3) is 0 Å². The van der Waals surface area contributed by atoms with E-state index in [4.69, 9.17) is 4.99 Å². The van der Waals surface area contributed by atoms with Crippen LogP contribution in [0.2, 0.25) is 0 Å². The topological polar surface area (TPSA) is 36.4 Å². The largest absolute Gasteiger partial charge is 0.343 e. The molecule has 290 valence electrons. The minimum Gasteiger partial charge on any atom is -0.343 e. The zero-order chi connectivity index (χ0) is 39.5. The van der Waals surface area contributed by atoms with Crippen LogP contribution in [0.15, 0.2) is 89.9 Å². The maximum absolute atomic E-state index is 5.72. The number of nitrogens with zero attached hydrogens (tertiary/aromatic N) is 1. The van der Waals surface area contributed by atoms with Crippen molar-refractivity contribution in [3.63, 3.8) is 0 Å². The molecule has 54 heavy (non-hydrogen) atoms. The summed E-state index contributed by atoms with van der Waals surface area (Å²) >= 11 is 0. The first-order chi connectivity index (χ1) is 25.3. The smallest absolute Gasteiger partial charge is 0.106 e. The van der Waals surface area contributed by atoms with Gasteiger partial charge >= 0.3 is 0 Å². The summed E-state index contributed by atoms with van der Waals surface area (Å²) in [5.74, 6) is 2.97. The van der Waals surface area contributed by atoms with E-state index >= 15 is 0 Å². The minimum atomic E-state index is 0.116. The Bertz CT molecular complexity index is 1680. The molecule has 1 saturated heterocycles. The van der Waals surface area contributed by atoms with Gasteiger partial charge in [0.25, 0.3) is 0 Å². The second-order valence-corrected chi connectivity index (χ2v) is 19.3. The summed E-state index contributed by atoms with van der Waals surface area (Å²) in [6, 6.07) is 33.0. The maximum atomic E-state index is 5.72. The van der Waals surface area contributed by atoms with Crippen molar-refractivity contribution in [2.75, 3.05) is 11.9 Å². The molecule has 1 aliphatic heterocycles. The molecule has 0 amide bonds. The first-order valence-electron chi connectivity index (χ1n) is 20.9. The van der Waals surface area contributed by atoms with Gasteiger partial charge in [-0.2, -0.15) is 0 Å². The fourth-order valence-corrected chi connectivity index (χ4v) is 8.40. The molecule has 1 aliphatic rings. The molecule has 1 fully saturated rings. The lowest BCUT2D eigenvalue weighted by Gasteiger charge is -2.27. The molecule has 0 unspecified atom stereocenters. The van der Waals surface area contributed by atoms with Gasteiger partial charge in [0.2, 0.25) is 0 Å².